The number of aromatic carboxylic acids is 1. The number of nitrogens with one attached hydrogen (secondary N) is 1. The van der Waals surface area contributed by atoms with E-state index in [0.717, 1.165) is 37.1 Å². The van der Waals surface area contributed by atoms with Gasteiger partial charge in [0.1, 0.15) is 5.75 Å². The zero-order valence-electron chi connectivity index (χ0n) is 17.1. The molecule has 0 radical (unpaired) electrons. The molecular weight excluding hydrogens is 382 g/mol. The minimum atomic E-state index is -1.41. The number of pyridine rings is 1. The van der Waals surface area contributed by atoms with Gasteiger partial charge in [0.25, 0.3) is 5.56 Å². The van der Waals surface area contributed by atoms with Crippen molar-refractivity contribution in [2.75, 3.05) is 31.6 Å². The second-order valence-electron chi connectivity index (χ2n) is 8.89. The van der Waals surface area contributed by atoms with E-state index in [9.17, 15) is 19.8 Å². The third kappa shape index (κ3) is 2.99. The third-order valence-corrected chi connectivity index (χ3v) is 7.16. The van der Waals surface area contributed by atoms with Gasteiger partial charge in [0.2, 0.25) is 0 Å². The highest BCUT2D eigenvalue weighted by Gasteiger charge is 2.37. The first-order chi connectivity index (χ1) is 14.4. The minimum absolute atomic E-state index is 0.398. The summed E-state index contributed by atoms with van der Waals surface area (Å²) in [5, 5.41) is 19.8. The van der Waals surface area contributed by atoms with Crippen LogP contribution in [0.1, 0.15) is 40.7 Å². The summed E-state index contributed by atoms with van der Waals surface area (Å²) in [7, 11) is 2.22. The number of H-pyrrole nitrogens is 1. The molecule has 1 aliphatic carbocycles. The highest BCUT2D eigenvalue weighted by atomic mass is 16.4. The number of aromatic hydroxyl groups is 1. The van der Waals surface area contributed by atoms with Crippen LogP contribution in [0.2, 0.25) is 0 Å². The SMILES string of the molecule is CN1CCC[C@@H]2CN(c3ccc4c(c3)CCCc3c-4[nH]c(=O)c(C(=O)O)c3O)C[C@@H]21. The van der Waals surface area contributed by atoms with Crippen molar-refractivity contribution in [2.24, 2.45) is 5.92 Å². The fourth-order valence-corrected chi connectivity index (χ4v) is 5.60. The Morgan fingerprint density at radius 2 is 2.03 bits per heavy atom. The van der Waals surface area contributed by atoms with Gasteiger partial charge in [-0.15, -0.1) is 0 Å². The number of aromatic nitrogens is 1. The Bertz CT molecular complexity index is 1080. The molecule has 2 fully saturated rings. The number of likely N-dealkylation sites (N-methyl/N-ethyl adjacent to an activating group) is 1. The molecule has 7 nitrogen and oxygen atoms in total. The van der Waals surface area contributed by atoms with Gasteiger partial charge < -0.3 is 25.0 Å². The zero-order valence-corrected chi connectivity index (χ0v) is 17.1. The van der Waals surface area contributed by atoms with Crippen molar-refractivity contribution in [1.82, 2.24) is 9.88 Å². The number of piperidine rings is 1. The van der Waals surface area contributed by atoms with Gasteiger partial charge in [-0.05, 0) is 69.3 Å². The molecule has 5 rings (SSSR count). The zero-order chi connectivity index (χ0) is 21.0. The standard InChI is InChI=1S/C23H27N3O4/c1-25-9-3-5-14-11-26(12-18(14)25)15-7-8-16-13(10-15)4-2-6-17-20(16)24-22(28)19(21(17)27)23(29)30/h7-8,10,14,18H,2-6,9,11-12H2,1H3,(H,29,30)(H2,24,27,28)/t14-,18+/m1/s1. The fourth-order valence-electron chi connectivity index (χ4n) is 5.60. The molecule has 0 amide bonds. The summed E-state index contributed by atoms with van der Waals surface area (Å²) in [5.74, 6) is -1.09. The van der Waals surface area contributed by atoms with E-state index < -0.39 is 22.8 Å². The van der Waals surface area contributed by atoms with E-state index in [1.165, 1.54) is 25.1 Å². The Balaban J connectivity index is 1.53. The van der Waals surface area contributed by atoms with Gasteiger partial charge in [-0.2, -0.15) is 0 Å². The van der Waals surface area contributed by atoms with Crippen LogP contribution in [0, 0.1) is 5.92 Å². The number of hydrogen-bond donors (Lipinski definition) is 3. The second kappa shape index (κ2) is 7.16. The van der Waals surface area contributed by atoms with Crippen LogP contribution in [0.15, 0.2) is 23.0 Å². The number of aryl methyl sites for hydroxylation is 1. The van der Waals surface area contributed by atoms with E-state index in [1.807, 2.05) is 6.07 Å². The molecular formula is C23H27N3O4. The van der Waals surface area contributed by atoms with E-state index in [-0.39, 0.29) is 0 Å². The van der Waals surface area contributed by atoms with Crippen molar-refractivity contribution in [1.29, 1.82) is 0 Å². The number of aromatic amines is 1. The van der Waals surface area contributed by atoms with Gasteiger partial charge in [-0.25, -0.2) is 4.79 Å². The maximum absolute atomic E-state index is 12.3. The lowest BCUT2D eigenvalue weighted by molar-refractivity contribution is 0.0691. The van der Waals surface area contributed by atoms with Gasteiger partial charge in [-0.1, -0.05) is 6.07 Å². The summed E-state index contributed by atoms with van der Waals surface area (Å²) in [6.07, 6.45) is 4.69. The third-order valence-electron chi connectivity index (χ3n) is 7.16. The molecule has 158 valence electrons. The number of carboxylic acid groups (broad SMARTS) is 1. The van der Waals surface area contributed by atoms with Crippen molar-refractivity contribution in [3.05, 3.63) is 45.2 Å². The van der Waals surface area contributed by atoms with E-state index in [1.54, 1.807) is 0 Å². The van der Waals surface area contributed by atoms with Crippen molar-refractivity contribution < 1.29 is 15.0 Å². The van der Waals surface area contributed by atoms with Gasteiger partial charge in [-0.3, -0.25) is 4.79 Å². The average molecular weight is 409 g/mol. The van der Waals surface area contributed by atoms with Gasteiger partial charge in [0.05, 0.1) is 5.69 Å². The number of likely N-dealkylation sites (tertiary alicyclic amines) is 1. The number of fused-ring (bicyclic) bond motifs is 4. The van der Waals surface area contributed by atoms with Crippen molar-refractivity contribution in [3.8, 4) is 17.0 Å². The maximum atomic E-state index is 12.3. The normalized spacial score (nSPS) is 23.4. The van der Waals surface area contributed by atoms with Crippen LogP contribution < -0.4 is 10.5 Å². The highest BCUT2D eigenvalue weighted by molar-refractivity contribution is 5.92. The summed E-state index contributed by atoms with van der Waals surface area (Å²) in [5.41, 5.74) is 2.95. The molecule has 0 bridgehead atoms. The quantitative estimate of drug-likeness (QED) is 0.705. The predicted octanol–water partition coefficient (Wildman–Crippen LogP) is 2.46. The van der Waals surface area contributed by atoms with Crippen LogP contribution in [-0.2, 0) is 12.8 Å². The molecule has 30 heavy (non-hydrogen) atoms. The smallest absolute Gasteiger partial charge is 0.345 e. The molecule has 7 heteroatoms. The summed E-state index contributed by atoms with van der Waals surface area (Å²) in [6, 6.07) is 6.92. The molecule has 2 aromatic rings. The minimum Gasteiger partial charge on any atom is -0.506 e. The van der Waals surface area contributed by atoms with Crippen LogP contribution >= 0.6 is 0 Å². The summed E-state index contributed by atoms with van der Waals surface area (Å²) < 4.78 is 0. The fraction of sp³-hybridized carbons (Fsp3) is 0.478. The van der Waals surface area contributed by atoms with Crippen molar-refractivity contribution in [3.63, 3.8) is 0 Å². The lowest BCUT2D eigenvalue weighted by Gasteiger charge is -2.33. The molecule has 0 unspecified atom stereocenters. The lowest BCUT2D eigenvalue weighted by Crippen LogP contribution is -2.42. The molecule has 2 saturated heterocycles. The van der Waals surface area contributed by atoms with Gasteiger partial charge in [0.15, 0.2) is 5.56 Å². The lowest BCUT2D eigenvalue weighted by atomic mass is 9.93. The number of rotatable bonds is 2. The molecule has 2 atom stereocenters. The number of nitrogens with zero attached hydrogens (tertiary/aromatic N) is 2. The number of benzene rings is 1. The average Bonchev–Trinajstić information content (AvgIpc) is 3.06. The number of carboxylic acids is 1. The summed E-state index contributed by atoms with van der Waals surface area (Å²) in [4.78, 5) is 31.4. The largest absolute Gasteiger partial charge is 0.506 e. The molecule has 1 aromatic heterocycles. The van der Waals surface area contributed by atoms with E-state index in [2.05, 4.69) is 34.0 Å². The van der Waals surface area contributed by atoms with Gasteiger partial charge in [0, 0.05) is 35.9 Å². The second-order valence-corrected chi connectivity index (χ2v) is 8.89. The van der Waals surface area contributed by atoms with Crippen LogP contribution in [0.25, 0.3) is 11.3 Å². The van der Waals surface area contributed by atoms with Crippen molar-refractivity contribution >= 4 is 11.7 Å². The number of hydrogen-bond acceptors (Lipinski definition) is 5. The molecule has 2 aliphatic heterocycles. The van der Waals surface area contributed by atoms with E-state index in [0.29, 0.717) is 29.6 Å². The summed E-state index contributed by atoms with van der Waals surface area (Å²) >= 11 is 0. The molecule has 0 saturated carbocycles. The van der Waals surface area contributed by atoms with E-state index in [4.69, 9.17) is 0 Å². The van der Waals surface area contributed by atoms with Gasteiger partial charge >= 0.3 is 5.97 Å². The summed E-state index contributed by atoms with van der Waals surface area (Å²) in [6.45, 7) is 3.28. The Morgan fingerprint density at radius 3 is 2.80 bits per heavy atom. The molecule has 3 N–H and O–H groups in total. The van der Waals surface area contributed by atoms with Crippen LogP contribution in [-0.4, -0.2) is 58.8 Å². The van der Waals surface area contributed by atoms with Crippen LogP contribution in [0.4, 0.5) is 5.69 Å². The van der Waals surface area contributed by atoms with Crippen molar-refractivity contribution in [2.45, 2.75) is 38.1 Å². The number of carbonyl (C=O) groups is 1. The monoisotopic (exact) mass is 409 g/mol. The Morgan fingerprint density at radius 1 is 1.20 bits per heavy atom. The molecule has 1 aromatic carbocycles. The maximum Gasteiger partial charge on any atom is 0.345 e. The Hall–Kier alpha value is -2.80. The molecule has 3 heterocycles. The first-order valence-electron chi connectivity index (χ1n) is 10.7. The highest BCUT2D eigenvalue weighted by Crippen LogP contribution is 2.39. The predicted molar refractivity (Wildman–Crippen MR) is 115 cm³/mol. The Labute approximate surface area is 175 Å². The van der Waals surface area contributed by atoms with Crippen LogP contribution in [0.5, 0.6) is 5.75 Å². The number of anilines is 1. The molecule has 3 aliphatic rings. The first kappa shape index (κ1) is 19.2. The Kier molecular flexibility index (Phi) is 4.58. The van der Waals surface area contributed by atoms with E-state index >= 15 is 0 Å². The molecule has 0 spiro atoms. The topological polar surface area (TPSA) is 96.9 Å². The van der Waals surface area contributed by atoms with Crippen LogP contribution in [0.3, 0.4) is 0 Å². The first-order valence-corrected chi connectivity index (χ1v) is 10.7.